The Kier molecular flexibility index (Phi) is 6.86. The van der Waals surface area contributed by atoms with E-state index in [2.05, 4.69) is 15.5 Å². The minimum Gasteiger partial charge on any atom is -0.497 e. The van der Waals surface area contributed by atoms with Crippen molar-refractivity contribution in [2.24, 2.45) is 0 Å². The van der Waals surface area contributed by atoms with E-state index in [0.29, 0.717) is 35.5 Å². The fourth-order valence-corrected chi connectivity index (χ4v) is 3.82. The van der Waals surface area contributed by atoms with Crippen LogP contribution in [0.5, 0.6) is 5.75 Å². The molecule has 0 bridgehead atoms. The summed E-state index contributed by atoms with van der Waals surface area (Å²) >= 11 is 0. The van der Waals surface area contributed by atoms with Crippen molar-refractivity contribution in [2.45, 2.75) is 40.2 Å². The maximum atomic E-state index is 13.1. The molecule has 1 unspecified atom stereocenters. The van der Waals surface area contributed by atoms with Crippen LogP contribution in [0.2, 0.25) is 0 Å². The van der Waals surface area contributed by atoms with Gasteiger partial charge in [0.05, 0.1) is 29.4 Å². The molecule has 35 heavy (non-hydrogen) atoms. The van der Waals surface area contributed by atoms with Gasteiger partial charge in [0.2, 0.25) is 0 Å². The van der Waals surface area contributed by atoms with Crippen molar-refractivity contribution in [3.63, 3.8) is 0 Å². The highest BCUT2D eigenvalue weighted by Gasteiger charge is 2.25. The fourth-order valence-electron chi connectivity index (χ4n) is 3.82. The van der Waals surface area contributed by atoms with Crippen LogP contribution in [0, 0.1) is 20.8 Å². The van der Waals surface area contributed by atoms with Crippen LogP contribution >= 0.6 is 0 Å². The molecule has 3 aromatic heterocycles. The molecule has 182 valence electrons. The molecule has 0 aliphatic carbocycles. The molecule has 0 radical (unpaired) electrons. The standard InChI is InChI=1S/C26H27N3O6/c1-14-12-20(16(3)33-14)22-13-21(23-15(2)29-35-25(23)28-22)26(31)34-17(4)24(30)27-11-10-18-6-8-19(32-5)9-7-18/h6-9,12-13,17H,10-11H2,1-5H3,(H,27,30). The molecule has 1 aromatic carbocycles. The Labute approximate surface area is 202 Å². The van der Waals surface area contributed by atoms with E-state index in [0.717, 1.165) is 22.6 Å². The molecule has 0 spiro atoms. The third-order valence-electron chi connectivity index (χ3n) is 5.68. The molecule has 9 heteroatoms. The van der Waals surface area contributed by atoms with Gasteiger partial charge < -0.3 is 23.7 Å². The molecule has 9 nitrogen and oxygen atoms in total. The topological polar surface area (TPSA) is 117 Å². The van der Waals surface area contributed by atoms with Gasteiger partial charge in [0.15, 0.2) is 6.10 Å². The molecule has 0 aliphatic rings. The number of nitrogens with zero attached hydrogens (tertiary/aromatic N) is 2. The Bertz CT molecular complexity index is 1370. The summed E-state index contributed by atoms with van der Waals surface area (Å²) in [5.41, 5.74) is 3.21. The summed E-state index contributed by atoms with van der Waals surface area (Å²) in [7, 11) is 1.61. The first-order valence-corrected chi connectivity index (χ1v) is 11.2. The smallest absolute Gasteiger partial charge is 0.339 e. The van der Waals surface area contributed by atoms with Crippen LogP contribution in [-0.2, 0) is 16.0 Å². The maximum Gasteiger partial charge on any atom is 0.339 e. The zero-order valence-electron chi connectivity index (χ0n) is 20.3. The van der Waals surface area contributed by atoms with Crippen LogP contribution in [0.4, 0.5) is 0 Å². The number of rotatable bonds is 8. The zero-order valence-corrected chi connectivity index (χ0v) is 20.3. The number of aryl methyl sites for hydroxylation is 3. The molecular weight excluding hydrogens is 450 g/mol. The van der Waals surface area contributed by atoms with E-state index in [1.165, 1.54) is 6.92 Å². The largest absolute Gasteiger partial charge is 0.497 e. The number of carbonyl (C=O) groups is 2. The summed E-state index contributed by atoms with van der Waals surface area (Å²) in [5, 5.41) is 7.19. The Hall–Kier alpha value is -4.14. The van der Waals surface area contributed by atoms with Gasteiger partial charge in [-0.05, 0) is 63.9 Å². The number of fused-ring (bicyclic) bond motifs is 1. The molecule has 0 fully saturated rings. The highest BCUT2D eigenvalue weighted by atomic mass is 16.5. The number of hydrogen-bond acceptors (Lipinski definition) is 8. The first-order valence-electron chi connectivity index (χ1n) is 11.2. The Morgan fingerprint density at radius 1 is 1.11 bits per heavy atom. The predicted octanol–water partition coefficient (Wildman–Crippen LogP) is 4.32. The van der Waals surface area contributed by atoms with Crippen molar-refractivity contribution in [3.8, 4) is 17.0 Å². The van der Waals surface area contributed by atoms with Gasteiger partial charge in [-0.15, -0.1) is 0 Å². The number of ether oxygens (including phenoxy) is 2. The zero-order chi connectivity index (χ0) is 25.1. The summed E-state index contributed by atoms with van der Waals surface area (Å²) in [4.78, 5) is 30.2. The number of esters is 1. The molecule has 0 aliphatic heterocycles. The Morgan fingerprint density at radius 3 is 2.51 bits per heavy atom. The number of pyridine rings is 1. The van der Waals surface area contributed by atoms with E-state index in [4.69, 9.17) is 18.4 Å². The highest BCUT2D eigenvalue weighted by molar-refractivity contribution is 6.05. The lowest BCUT2D eigenvalue weighted by Gasteiger charge is -2.14. The average Bonchev–Trinajstić information content (AvgIpc) is 3.39. The third-order valence-corrected chi connectivity index (χ3v) is 5.68. The molecule has 0 saturated carbocycles. The quantitative estimate of drug-likeness (QED) is 0.373. The van der Waals surface area contributed by atoms with Gasteiger partial charge in [0.1, 0.15) is 17.3 Å². The van der Waals surface area contributed by atoms with Crippen LogP contribution in [-0.4, -0.2) is 41.8 Å². The predicted molar refractivity (Wildman–Crippen MR) is 128 cm³/mol. The second kappa shape index (κ2) is 10.0. The van der Waals surface area contributed by atoms with Crippen molar-refractivity contribution in [2.75, 3.05) is 13.7 Å². The Morgan fingerprint density at radius 2 is 1.86 bits per heavy atom. The van der Waals surface area contributed by atoms with E-state index in [1.54, 1.807) is 20.1 Å². The van der Waals surface area contributed by atoms with Crippen molar-refractivity contribution in [3.05, 3.63) is 64.7 Å². The molecule has 4 aromatic rings. The van der Waals surface area contributed by atoms with E-state index in [-0.39, 0.29) is 17.2 Å². The van der Waals surface area contributed by atoms with Gasteiger partial charge in [-0.25, -0.2) is 9.78 Å². The van der Waals surface area contributed by atoms with Gasteiger partial charge in [-0.3, -0.25) is 4.79 Å². The molecule has 0 saturated heterocycles. The second-order valence-corrected chi connectivity index (χ2v) is 8.27. The van der Waals surface area contributed by atoms with Crippen molar-refractivity contribution >= 4 is 23.0 Å². The molecule has 3 heterocycles. The number of nitrogens with one attached hydrogen (secondary N) is 1. The minimum atomic E-state index is -0.997. The summed E-state index contributed by atoms with van der Waals surface area (Å²) in [6.45, 7) is 7.30. The summed E-state index contributed by atoms with van der Waals surface area (Å²) < 4.78 is 21.6. The molecule has 1 N–H and O–H groups in total. The van der Waals surface area contributed by atoms with Crippen LogP contribution in [0.3, 0.4) is 0 Å². The summed E-state index contributed by atoms with van der Waals surface area (Å²) in [6.07, 6.45) is -0.364. The number of hydrogen-bond donors (Lipinski definition) is 1. The summed E-state index contributed by atoms with van der Waals surface area (Å²) in [5.74, 6) is 1.10. The normalized spacial score (nSPS) is 11.9. The van der Waals surface area contributed by atoms with Crippen LogP contribution in [0.25, 0.3) is 22.4 Å². The van der Waals surface area contributed by atoms with Crippen LogP contribution < -0.4 is 10.1 Å². The molecule has 1 atom stereocenters. The number of aromatic nitrogens is 2. The third kappa shape index (κ3) is 5.18. The monoisotopic (exact) mass is 477 g/mol. The number of amides is 1. The lowest BCUT2D eigenvalue weighted by Crippen LogP contribution is -2.37. The number of methoxy groups -OCH3 is 1. The number of carbonyl (C=O) groups excluding carboxylic acids is 2. The first kappa shape index (κ1) is 24.0. The Balaban J connectivity index is 1.46. The number of benzene rings is 1. The van der Waals surface area contributed by atoms with Crippen molar-refractivity contribution in [1.82, 2.24) is 15.5 Å². The van der Waals surface area contributed by atoms with Gasteiger partial charge in [0, 0.05) is 12.1 Å². The minimum absolute atomic E-state index is 0.210. The lowest BCUT2D eigenvalue weighted by molar-refractivity contribution is -0.129. The molecule has 1 amide bonds. The average molecular weight is 478 g/mol. The number of furan rings is 1. The van der Waals surface area contributed by atoms with Crippen molar-refractivity contribution < 1.29 is 28.0 Å². The van der Waals surface area contributed by atoms with Gasteiger partial charge in [0.25, 0.3) is 11.6 Å². The van der Waals surface area contributed by atoms with Gasteiger partial charge in [-0.1, -0.05) is 17.3 Å². The second-order valence-electron chi connectivity index (χ2n) is 8.27. The lowest BCUT2D eigenvalue weighted by atomic mass is 10.1. The molecular formula is C26H27N3O6. The van der Waals surface area contributed by atoms with Crippen molar-refractivity contribution in [1.29, 1.82) is 0 Å². The van der Waals surface area contributed by atoms with E-state index >= 15 is 0 Å². The van der Waals surface area contributed by atoms with E-state index in [1.807, 2.05) is 44.2 Å². The maximum absolute atomic E-state index is 13.1. The fraction of sp³-hybridized carbons (Fsp3) is 0.308. The molecule has 4 rings (SSSR count). The van der Waals surface area contributed by atoms with Gasteiger partial charge >= 0.3 is 5.97 Å². The van der Waals surface area contributed by atoms with E-state index in [9.17, 15) is 9.59 Å². The van der Waals surface area contributed by atoms with Gasteiger partial charge in [-0.2, -0.15) is 0 Å². The highest BCUT2D eigenvalue weighted by Crippen LogP contribution is 2.31. The summed E-state index contributed by atoms with van der Waals surface area (Å²) in [6, 6.07) is 11.0. The van der Waals surface area contributed by atoms with Crippen LogP contribution in [0.15, 0.2) is 45.3 Å². The van der Waals surface area contributed by atoms with Crippen LogP contribution in [0.1, 0.15) is 40.1 Å². The first-order chi connectivity index (χ1) is 16.8. The SMILES string of the molecule is COc1ccc(CCNC(=O)C(C)OC(=O)c2cc(-c3cc(C)oc3C)nc3onc(C)c23)cc1. The van der Waals surface area contributed by atoms with E-state index < -0.39 is 12.1 Å².